The molecule has 0 amide bonds. The second-order valence-corrected chi connectivity index (χ2v) is 10.9. The summed E-state index contributed by atoms with van der Waals surface area (Å²) >= 11 is 0. The highest BCUT2D eigenvalue weighted by Crippen LogP contribution is 2.48. The van der Waals surface area contributed by atoms with Crippen LogP contribution in [-0.4, -0.2) is 53.5 Å². The average Bonchev–Trinajstić information content (AvgIpc) is 3.02. The molecule has 0 saturated carbocycles. The Labute approximate surface area is 219 Å². The van der Waals surface area contributed by atoms with Crippen molar-refractivity contribution in [2.24, 2.45) is 5.92 Å². The van der Waals surface area contributed by atoms with Crippen molar-refractivity contribution in [2.75, 3.05) is 33.3 Å². The van der Waals surface area contributed by atoms with Crippen LogP contribution in [0.4, 0.5) is 0 Å². The number of hydrogen-bond acceptors (Lipinski definition) is 4. The van der Waals surface area contributed by atoms with Gasteiger partial charge >= 0.3 is 0 Å². The van der Waals surface area contributed by atoms with E-state index in [-0.39, 0.29) is 11.5 Å². The molecule has 36 heavy (non-hydrogen) atoms. The zero-order chi connectivity index (χ0) is 26.0. The van der Waals surface area contributed by atoms with Crippen LogP contribution in [0, 0.1) is 19.8 Å². The number of benzene rings is 1. The van der Waals surface area contributed by atoms with E-state index in [2.05, 4.69) is 98.9 Å². The minimum atomic E-state index is -0.0108. The van der Waals surface area contributed by atoms with Gasteiger partial charge in [-0.1, -0.05) is 67.1 Å². The molecule has 1 aromatic carbocycles. The van der Waals surface area contributed by atoms with Crippen molar-refractivity contribution >= 4 is 0 Å². The maximum absolute atomic E-state index is 5.76. The number of fused-ring (bicyclic) bond motifs is 2. The van der Waals surface area contributed by atoms with Crippen molar-refractivity contribution in [3.63, 3.8) is 0 Å². The first-order valence-corrected chi connectivity index (χ1v) is 13.6. The van der Waals surface area contributed by atoms with Crippen molar-refractivity contribution in [1.29, 1.82) is 0 Å². The summed E-state index contributed by atoms with van der Waals surface area (Å²) in [6, 6.07) is 6.94. The Morgan fingerprint density at radius 1 is 1.03 bits per heavy atom. The lowest BCUT2D eigenvalue weighted by atomic mass is 9.81. The zero-order valence-electron chi connectivity index (χ0n) is 23.4. The molecule has 1 atom stereocenters. The van der Waals surface area contributed by atoms with E-state index in [1.54, 1.807) is 7.11 Å². The molecular formula is C32H45N3O. The van der Waals surface area contributed by atoms with Gasteiger partial charge in [-0.15, -0.1) is 0 Å². The SMILES string of the molecule is C=C1/C(OC)=C\C(C)=C/CCN2C(=C)N(CC)C3(CCN(Cc4cc(C)cc(C)c4)CC3)/C2=C/C1C. The highest BCUT2D eigenvalue weighted by molar-refractivity contribution is 5.40. The summed E-state index contributed by atoms with van der Waals surface area (Å²) in [5.41, 5.74) is 7.78. The maximum atomic E-state index is 5.76. The third kappa shape index (κ3) is 5.06. The second-order valence-electron chi connectivity index (χ2n) is 10.9. The molecule has 3 heterocycles. The molecule has 1 unspecified atom stereocenters. The van der Waals surface area contributed by atoms with Gasteiger partial charge in [0.1, 0.15) is 11.6 Å². The fourth-order valence-corrected chi connectivity index (χ4v) is 6.46. The molecule has 2 fully saturated rings. The molecule has 4 heteroatoms. The molecule has 2 saturated heterocycles. The summed E-state index contributed by atoms with van der Waals surface area (Å²) in [5.74, 6) is 2.20. The molecular weight excluding hydrogens is 442 g/mol. The molecule has 0 aliphatic carbocycles. The summed E-state index contributed by atoms with van der Waals surface area (Å²) in [7, 11) is 1.75. The Balaban J connectivity index is 1.65. The molecule has 0 N–H and O–H groups in total. The predicted octanol–water partition coefficient (Wildman–Crippen LogP) is 6.70. The summed E-state index contributed by atoms with van der Waals surface area (Å²) in [6.07, 6.45) is 10.1. The van der Waals surface area contributed by atoms with Crippen LogP contribution in [-0.2, 0) is 11.3 Å². The van der Waals surface area contributed by atoms with Crippen molar-refractivity contribution < 1.29 is 4.74 Å². The number of nitrogens with zero attached hydrogens (tertiary/aromatic N) is 3. The van der Waals surface area contributed by atoms with E-state index >= 15 is 0 Å². The van der Waals surface area contributed by atoms with Crippen LogP contribution < -0.4 is 0 Å². The molecule has 194 valence electrons. The number of allylic oxidation sites excluding steroid dienone is 4. The minimum Gasteiger partial charge on any atom is -0.496 e. The Kier molecular flexibility index (Phi) is 7.85. The lowest BCUT2D eigenvalue weighted by molar-refractivity contribution is 0.0890. The molecule has 0 bridgehead atoms. The fourth-order valence-electron chi connectivity index (χ4n) is 6.46. The summed E-state index contributed by atoms with van der Waals surface area (Å²) in [4.78, 5) is 7.71. The number of likely N-dealkylation sites (N-methyl/N-ethyl adjacent to an activating group) is 1. The molecule has 4 rings (SSSR count). The van der Waals surface area contributed by atoms with E-state index < -0.39 is 0 Å². The van der Waals surface area contributed by atoms with Gasteiger partial charge in [0, 0.05) is 44.3 Å². The predicted molar refractivity (Wildman–Crippen MR) is 151 cm³/mol. The number of methoxy groups -OCH3 is 1. The van der Waals surface area contributed by atoms with E-state index in [1.165, 1.54) is 28.0 Å². The van der Waals surface area contributed by atoms with Gasteiger partial charge in [0.05, 0.1) is 12.6 Å². The number of rotatable bonds is 4. The van der Waals surface area contributed by atoms with E-state index in [4.69, 9.17) is 4.74 Å². The van der Waals surface area contributed by atoms with Gasteiger partial charge in [0.2, 0.25) is 0 Å². The van der Waals surface area contributed by atoms with E-state index in [0.29, 0.717) is 0 Å². The number of piperidine rings is 1. The van der Waals surface area contributed by atoms with Crippen LogP contribution >= 0.6 is 0 Å². The summed E-state index contributed by atoms with van der Waals surface area (Å²) < 4.78 is 5.76. The molecule has 1 spiro atoms. The van der Waals surface area contributed by atoms with Crippen LogP contribution in [0.15, 0.2) is 78.0 Å². The number of likely N-dealkylation sites (tertiary alicyclic amines) is 1. The topological polar surface area (TPSA) is 19.0 Å². The second kappa shape index (κ2) is 10.7. The first kappa shape index (κ1) is 26.3. The average molecular weight is 488 g/mol. The normalized spacial score (nSPS) is 27.5. The number of ether oxygens (including phenoxy) is 1. The van der Waals surface area contributed by atoms with Crippen molar-refractivity contribution in [3.8, 4) is 0 Å². The molecule has 4 nitrogen and oxygen atoms in total. The highest BCUT2D eigenvalue weighted by Gasteiger charge is 2.51. The molecule has 3 aliphatic heterocycles. The van der Waals surface area contributed by atoms with Gasteiger partial charge in [0.25, 0.3) is 0 Å². The Morgan fingerprint density at radius 2 is 1.69 bits per heavy atom. The molecule has 1 aromatic rings. The minimum absolute atomic E-state index is 0.0108. The molecule has 0 radical (unpaired) electrons. The third-order valence-corrected chi connectivity index (χ3v) is 8.27. The van der Waals surface area contributed by atoms with Gasteiger partial charge in [-0.3, -0.25) is 4.90 Å². The van der Waals surface area contributed by atoms with E-state index in [1.807, 2.05) is 0 Å². The monoisotopic (exact) mass is 487 g/mol. The van der Waals surface area contributed by atoms with Crippen LogP contribution in [0.25, 0.3) is 0 Å². The van der Waals surface area contributed by atoms with Crippen LogP contribution in [0.3, 0.4) is 0 Å². The van der Waals surface area contributed by atoms with Crippen molar-refractivity contribution in [1.82, 2.24) is 14.7 Å². The van der Waals surface area contributed by atoms with Crippen LogP contribution in [0.2, 0.25) is 0 Å². The molecule has 0 aromatic heterocycles. The Bertz CT molecular complexity index is 1080. The van der Waals surface area contributed by atoms with Gasteiger partial charge in [-0.25, -0.2) is 0 Å². The number of hydrogen-bond donors (Lipinski definition) is 0. The van der Waals surface area contributed by atoms with Crippen molar-refractivity contribution in [2.45, 2.75) is 66.0 Å². The van der Waals surface area contributed by atoms with Crippen LogP contribution in [0.5, 0.6) is 0 Å². The zero-order valence-corrected chi connectivity index (χ0v) is 23.4. The largest absolute Gasteiger partial charge is 0.496 e. The Hall–Kier alpha value is -2.72. The van der Waals surface area contributed by atoms with Gasteiger partial charge < -0.3 is 14.5 Å². The first-order chi connectivity index (χ1) is 17.2. The van der Waals surface area contributed by atoms with Gasteiger partial charge in [0.15, 0.2) is 0 Å². The summed E-state index contributed by atoms with van der Waals surface area (Å²) in [5, 5.41) is 0. The Morgan fingerprint density at radius 3 is 2.31 bits per heavy atom. The fraction of sp³-hybridized carbons (Fsp3) is 0.500. The lowest BCUT2D eigenvalue weighted by Gasteiger charge is -2.45. The summed E-state index contributed by atoms with van der Waals surface area (Å²) in [6.45, 7) is 25.2. The van der Waals surface area contributed by atoms with Crippen molar-refractivity contribution in [3.05, 3.63) is 94.7 Å². The smallest absolute Gasteiger partial charge is 0.122 e. The first-order valence-electron chi connectivity index (χ1n) is 13.6. The molecule has 3 aliphatic rings. The van der Waals surface area contributed by atoms with E-state index in [9.17, 15) is 0 Å². The van der Waals surface area contributed by atoms with Crippen LogP contribution in [0.1, 0.15) is 56.7 Å². The number of aryl methyl sites for hydroxylation is 2. The van der Waals surface area contributed by atoms with Gasteiger partial charge in [-0.05, 0) is 64.2 Å². The maximum Gasteiger partial charge on any atom is 0.122 e. The van der Waals surface area contributed by atoms with E-state index in [0.717, 1.165) is 69.1 Å². The van der Waals surface area contributed by atoms with Gasteiger partial charge in [-0.2, -0.15) is 0 Å². The lowest BCUT2D eigenvalue weighted by Crippen LogP contribution is -2.52. The standard InChI is InChI=1S/C32H45N3O/c1-9-35-28(7)34-14-10-11-23(2)20-30(36-8)27(6)26(5)21-31(34)32(35)12-15-33(16-13-32)22-29-18-24(3)17-25(4)19-29/h11,17-21,26H,6-7,9-10,12-16,22H2,1-5,8H3/b23-11-,30-20+,31-21-. The quantitative estimate of drug-likeness (QED) is 0.470. The highest BCUT2D eigenvalue weighted by atomic mass is 16.5. The third-order valence-electron chi connectivity index (χ3n) is 8.27.